The highest BCUT2D eigenvalue weighted by molar-refractivity contribution is 6.17. The molecule has 4 aliphatic carbocycles. The Morgan fingerprint density at radius 3 is 2.50 bits per heavy atom. The molecule has 0 heterocycles. The molecule has 2 N–H and O–H groups in total. The van der Waals surface area contributed by atoms with Gasteiger partial charge in [0.05, 0.1) is 11.5 Å². The summed E-state index contributed by atoms with van der Waals surface area (Å²) in [5.41, 5.74) is 4.48. The highest BCUT2D eigenvalue weighted by Crippen LogP contribution is 2.53. The molecule has 116 valence electrons. The Labute approximate surface area is 137 Å². The van der Waals surface area contributed by atoms with Gasteiger partial charge >= 0.3 is 0 Å². The number of fused-ring (bicyclic) bond motifs is 1. The second-order valence-corrected chi connectivity index (χ2v) is 6.35. The van der Waals surface area contributed by atoms with Crippen molar-refractivity contribution in [2.24, 2.45) is 11.8 Å². The first-order valence-corrected chi connectivity index (χ1v) is 7.74. The third-order valence-electron chi connectivity index (χ3n) is 5.21. The summed E-state index contributed by atoms with van der Waals surface area (Å²) >= 11 is 0. The molecule has 2 unspecified atom stereocenters. The molecular formula is C20H12O4. The van der Waals surface area contributed by atoms with Gasteiger partial charge in [-0.3, -0.25) is 9.59 Å². The van der Waals surface area contributed by atoms with Gasteiger partial charge in [-0.1, -0.05) is 24.3 Å². The Morgan fingerprint density at radius 1 is 0.833 bits per heavy atom. The summed E-state index contributed by atoms with van der Waals surface area (Å²) in [5, 5.41) is 20.4. The predicted molar refractivity (Wildman–Crippen MR) is 88.3 cm³/mol. The number of aliphatic hydroxyl groups is 1. The van der Waals surface area contributed by atoms with Crippen LogP contribution < -0.4 is 0 Å². The molecule has 4 heteroatoms. The molecule has 0 saturated carbocycles. The van der Waals surface area contributed by atoms with Crippen molar-refractivity contribution in [1.82, 2.24) is 0 Å². The molecule has 4 nitrogen and oxygen atoms in total. The lowest BCUT2D eigenvalue weighted by Gasteiger charge is -2.39. The number of carbonyl (C=O) groups is 2. The predicted octanol–water partition coefficient (Wildman–Crippen LogP) is 3.12. The smallest absolute Gasteiger partial charge is 0.190 e. The van der Waals surface area contributed by atoms with Gasteiger partial charge in [0.2, 0.25) is 0 Å². The van der Waals surface area contributed by atoms with Gasteiger partial charge in [-0.2, -0.15) is 0 Å². The van der Waals surface area contributed by atoms with E-state index < -0.39 is 5.92 Å². The van der Waals surface area contributed by atoms with Crippen LogP contribution in [0.4, 0.5) is 0 Å². The quantitative estimate of drug-likeness (QED) is 0.771. The van der Waals surface area contributed by atoms with Crippen LogP contribution in [-0.4, -0.2) is 21.8 Å². The van der Waals surface area contributed by atoms with Gasteiger partial charge in [-0.05, 0) is 46.6 Å². The third kappa shape index (κ3) is 1.43. The van der Waals surface area contributed by atoms with Gasteiger partial charge < -0.3 is 10.2 Å². The minimum atomic E-state index is -0.617. The number of allylic oxidation sites excluding steroid dienone is 10. The van der Waals surface area contributed by atoms with Crippen molar-refractivity contribution in [3.63, 3.8) is 0 Å². The van der Waals surface area contributed by atoms with Crippen LogP contribution in [0.25, 0.3) is 11.1 Å². The standard InChI is InChI=1S/C20H12O4/c21-13-5-1-9-10-2-6-15(23)20-16(24)8-4-12(18(10)20)11-3-7-14(22)19(13)17(9)11/h1-8,17,19,21,23H. The van der Waals surface area contributed by atoms with Crippen molar-refractivity contribution >= 4 is 22.7 Å². The molecule has 0 amide bonds. The maximum absolute atomic E-state index is 12.3. The molecule has 0 saturated heterocycles. The van der Waals surface area contributed by atoms with Gasteiger partial charge in [0.25, 0.3) is 0 Å². The number of hydrogen-bond donors (Lipinski definition) is 2. The molecule has 0 radical (unpaired) electrons. The van der Waals surface area contributed by atoms with Crippen molar-refractivity contribution in [3.8, 4) is 5.75 Å². The molecule has 0 bridgehead atoms. The van der Waals surface area contributed by atoms with E-state index in [0.29, 0.717) is 11.1 Å². The first kappa shape index (κ1) is 13.3. The first-order valence-electron chi connectivity index (χ1n) is 7.74. The zero-order chi connectivity index (χ0) is 16.6. The maximum atomic E-state index is 12.3. The van der Waals surface area contributed by atoms with Crippen molar-refractivity contribution < 1.29 is 19.8 Å². The van der Waals surface area contributed by atoms with Crippen molar-refractivity contribution in [1.29, 1.82) is 0 Å². The van der Waals surface area contributed by atoms with E-state index in [9.17, 15) is 19.8 Å². The summed E-state index contributed by atoms with van der Waals surface area (Å²) < 4.78 is 0. The minimum absolute atomic E-state index is 0.0399. The van der Waals surface area contributed by atoms with Crippen LogP contribution >= 0.6 is 0 Å². The fourth-order valence-electron chi connectivity index (χ4n) is 4.21. The number of benzene rings is 1. The summed E-state index contributed by atoms with van der Waals surface area (Å²) in [4.78, 5) is 24.6. The zero-order valence-electron chi connectivity index (χ0n) is 12.5. The van der Waals surface area contributed by atoms with Crippen molar-refractivity contribution in [3.05, 3.63) is 76.6 Å². The number of carbonyl (C=O) groups excluding carboxylic acids is 2. The first-order chi connectivity index (χ1) is 11.6. The Kier molecular flexibility index (Phi) is 2.35. The summed E-state index contributed by atoms with van der Waals surface area (Å²) in [6.45, 7) is 0. The van der Waals surface area contributed by atoms with Crippen molar-refractivity contribution in [2.75, 3.05) is 0 Å². The van der Waals surface area contributed by atoms with Crippen LogP contribution in [0.15, 0.2) is 59.9 Å². The maximum Gasteiger partial charge on any atom is 0.190 e. The number of hydrogen-bond acceptors (Lipinski definition) is 4. The molecule has 0 fully saturated rings. The lowest BCUT2D eigenvalue weighted by Crippen LogP contribution is -2.34. The Morgan fingerprint density at radius 2 is 1.67 bits per heavy atom. The number of aliphatic hydroxyl groups excluding tert-OH is 1. The van der Waals surface area contributed by atoms with Crippen molar-refractivity contribution in [2.45, 2.75) is 0 Å². The topological polar surface area (TPSA) is 74.6 Å². The number of rotatable bonds is 0. The van der Waals surface area contributed by atoms with Crippen LogP contribution in [0.3, 0.4) is 0 Å². The van der Waals surface area contributed by atoms with Gasteiger partial charge in [0, 0.05) is 11.5 Å². The lowest BCUT2D eigenvalue weighted by molar-refractivity contribution is -0.118. The highest BCUT2D eigenvalue weighted by atomic mass is 16.3. The average Bonchev–Trinajstić information content (AvgIpc) is 2.57. The Balaban J connectivity index is 1.95. The SMILES string of the molecule is O=C1C=CC2=C3C=CC(=O)C4C(O)=CC=C(c5ccc(O)c1c52)C34. The number of phenols is 1. The second kappa shape index (κ2) is 4.23. The normalized spacial score (nSPS) is 26.0. The van der Waals surface area contributed by atoms with E-state index >= 15 is 0 Å². The largest absolute Gasteiger partial charge is 0.512 e. The van der Waals surface area contributed by atoms with Crippen LogP contribution in [0, 0.1) is 11.8 Å². The van der Waals surface area contributed by atoms with Crippen LogP contribution in [-0.2, 0) is 4.79 Å². The average molecular weight is 316 g/mol. The molecule has 0 aromatic heterocycles. The van der Waals surface area contributed by atoms with Crippen LogP contribution in [0.5, 0.6) is 5.75 Å². The van der Waals surface area contributed by atoms with E-state index in [4.69, 9.17) is 0 Å². The van der Waals surface area contributed by atoms with E-state index in [1.807, 2.05) is 0 Å². The minimum Gasteiger partial charge on any atom is -0.512 e. The third-order valence-corrected chi connectivity index (χ3v) is 5.21. The fraction of sp³-hybridized carbons (Fsp3) is 0.100. The van der Waals surface area contributed by atoms with E-state index in [1.54, 1.807) is 30.4 Å². The lowest BCUT2D eigenvalue weighted by atomic mass is 9.63. The summed E-state index contributed by atoms with van der Waals surface area (Å²) in [6.07, 6.45) is 9.79. The molecule has 4 aliphatic rings. The molecule has 5 rings (SSSR count). The Bertz CT molecular complexity index is 1010. The van der Waals surface area contributed by atoms with E-state index in [-0.39, 0.29) is 29.0 Å². The molecular weight excluding hydrogens is 304 g/mol. The number of phenolic OH excluding ortho intramolecular Hbond substituents is 1. The monoisotopic (exact) mass is 316 g/mol. The van der Waals surface area contributed by atoms with Gasteiger partial charge in [0.1, 0.15) is 11.5 Å². The van der Waals surface area contributed by atoms with E-state index in [0.717, 1.165) is 22.3 Å². The molecule has 0 aliphatic heterocycles. The van der Waals surface area contributed by atoms with Gasteiger partial charge in [-0.25, -0.2) is 0 Å². The van der Waals surface area contributed by atoms with Gasteiger partial charge in [0.15, 0.2) is 11.6 Å². The van der Waals surface area contributed by atoms with Crippen LogP contribution in [0.1, 0.15) is 21.5 Å². The van der Waals surface area contributed by atoms with E-state index in [2.05, 4.69) is 0 Å². The van der Waals surface area contributed by atoms with Gasteiger partial charge in [-0.15, -0.1) is 0 Å². The van der Waals surface area contributed by atoms with Crippen LogP contribution in [0.2, 0.25) is 0 Å². The molecule has 2 atom stereocenters. The fourth-order valence-corrected chi connectivity index (χ4v) is 4.21. The number of aromatic hydroxyl groups is 1. The molecule has 1 aromatic rings. The molecule has 1 aromatic carbocycles. The highest BCUT2D eigenvalue weighted by Gasteiger charge is 2.44. The Hall–Kier alpha value is -3.14. The molecule has 24 heavy (non-hydrogen) atoms. The second-order valence-electron chi connectivity index (χ2n) is 6.35. The zero-order valence-corrected chi connectivity index (χ0v) is 12.5. The summed E-state index contributed by atoms with van der Waals surface area (Å²) in [7, 11) is 0. The number of ketones is 2. The van der Waals surface area contributed by atoms with E-state index in [1.165, 1.54) is 18.2 Å². The summed E-state index contributed by atoms with van der Waals surface area (Å²) in [6, 6.07) is 3.29. The summed E-state index contributed by atoms with van der Waals surface area (Å²) in [5.74, 6) is -1.20. The molecule has 0 spiro atoms.